The number of hydrogen-bond acceptors (Lipinski definition) is 16. The second kappa shape index (κ2) is 22.2. The third-order valence-electron chi connectivity index (χ3n) is 8.38. The molecule has 14 atom stereocenters. The Labute approximate surface area is 273 Å². The lowest BCUT2D eigenvalue weighted by Gasteiger charge is -2.50. The van der Waals surface area contributed by atoms with Gasteiger partial charge in [0.1, 0.15) is 73.2 Å². The molecule has 16 heteroatoms. The summed E-state index contributed by atoms with van der Waals surface area (Å²) in [6.45, 7) is 0.788. The van der Waals surface area contributed by atoms with Crippen LogP contribution in [-0.2, 0) is 75.8 Å². The van der Waals surface area contributed by atoms with Gasteiger partial charge in [0.15, 0.2) is 12.6 Å². The van der Waals surface area contributed by atoms with Crippen molar-refractivity contribution in [2.75, 3.05) is 112 Å². The maximum absolute atomic E-state index is 6.73. The maximum Gasteiger partial charge on any atom is 0.187 e. The molecule has 2 aliphatic rings. The van der Waals surface area contributed by atoms with Crippen LogP contribution in [0.3, 0.4) is 0 Å². The number of methoxy groups -OCH3 is 12. The van der Waals surface area contributed by atoms with Crippen molar-refractivity contribution < 1.29 is 75.8 Å². The lowest BCUT2D eigenvalue weighted by atomic mass is 9.96. The van der Waals surface area contributed by atoms with E-state index in [4.69, 9.17) is 75.8 Å². The molecule has 274 valence electrons. The summed E-state index contributed by atoms with van der Waals surface area (Å²) in [6, 6.07) is 0. The highest BCUT2D eigenvalue weighted by Gasteiger charge is 2.54. The fraction of sp³-hybridized carbons (Fsp3) is 1.00. The molecule has 0 unspecified atom stereocenters. The number of hydrogen-bond donors (Lipinski definition) is 0. The zero-order valence-electron chi connectivity index (χ0n) is 29.4. The predicted octanol–water partition coefficient (Wildman–Crippen LogP) is -0.0878. The van der Waals surface area contributed by atoms with Gasteiger partial charge in [-0.2, -0.15) is 0 Å². The van der Waals surface area contributed by atoms with Gasteiger partial charge in [0.05, 0.1) is 26.4 Å². The Kier molecular flexibility index (Phi) is 20.0. The van der Waals surface area contributed by atoms with Gasteiger partial charge >= 0.3 is 0 Å². The van der Waals surface area contributed by atoms with Gasteiger partial charge < -0.3 is 75.8 Å². The maximum atomic E-state index is 6.73. The van der Waals surface area contributed by atoms with E-state index in [0.29, 0.717) is 0 Å². The fourth-order valence-electron chi connectivity index (χ4n) is 6.17. The van der Waals surface area contributed by atoms with Gasteiger partial charge in [0.25, 0.3) is 0 Å². The van der Waals surface area contributed by atoms with E-state index in [0.717, 1.165) is 0 Å². The van der Waals surface area contributed by atoms with Crippen LogP contribution < -0.4 is 0 Å². The van der Waals surface area contributed by atoms with Gasteiger partial charge in [0.2, 0.25) is 0 Å². The predicted molar refractivity (Wildman–Crippen MR) is 161 cm³/mol. The minimum atomic E-state index is -1.04. The molecule has 0 aromatic carbocycles. The van der Waals surface area contributed by atoms with Crippen molar-refractivity contribution in [3.63, 3.8) is 0 Å². The molecule has 0 radical (unpaired) electrons. The Morgan fingerprint density at radius 2 is 0.870 bits per heavy atom. The average Bonchev–Trinajstić information content (AvgIpc) is 3.06. The zero-order chi connectivity index (χ0) is 34.2. The van der Waals surface area contributed by atoms with Crippen LogP contribution in [0.5, 0.6) is 0 Å². The van der Waals surface area contributed by atoms with E-state index in [1.165, 1.54) is 7.11 Å². The van der Waals surface area contributed by atoms with Crippen LogP contribution >= 0.6 is 0 Å². The van der Waals surface area contributed by atoms with Gasteiger partial charge in [-0.25, -0.2) is 0 Å². The molecule has 2 aliphatic heterocycles. The molecule has 16 nitrogen and oxygen atoms in total. The Bertz CT molecular complexity index is 781. The lowest BCUT2D eigenvalue weighted by Crippen LogP contribution is -2.67. The SMILES string of the molecule is COC[C@H](OC)[C@@H](OC)[C@H](O[C@@H]1O[C@H](COC)[C@@H](OC)[C@H](O[C@@H]2O[C@H](COC)[C@@H](OC)[C@H](OC)[C@H]2OC)[C@H]1OC)[C@@H](COC)OC. The summed E-state index contributed by atoms with van der Waals surface area (Å²) in [5.74, 6) is 0. The zero-order valence-corrected chi connectivity index (χ0v) is 29.4. The molecule has 0 aromatic heterocycles. The molecule has 2 rings (SSSR count). The Hall–Kier alpha value is -0.640. The molecule has 2 fully saturated rings. The van der Waals surface area contributed by atoms with Crippen molar-refractivity contribution in [1.29, 1.82) is 0 Å². The minimum Gasteiger partial charge on any atom is -0.382 e. The average molecular weight is 675 g/mol. The highest BCUT2D eigenvalue weighted by atomic mass is 16.8. The monoisotopic (exact) mass is 674 g/mol. The first kappa shape index (κ1) is 41.5. The van der Waals surface area contributed by atoms with E-state index in [1.54, 1.807) is 78.2 Å². The van der Waals surface area contributed by atoms with Gasteiger partial charge in [-0.15, -0.1) is 0 Å². The van der Waals surface area contributed by atoms with E-state index < -0.39 is 85.8 Å². The van der Waals surface area contributed by atoms with Crippen molar-refractivity contribution in [3.8, 4) is 0 Å². The van der Waals surface area contributed by atoms with Crippen molar-refractivity contribution >= 4 is 0 Å². The summed E-state index contributed by atoms with van der Waals surface area (Å²) in [5.41, 5.74) is 0. The molecule has 0 bridgehead atoms. The summed E-state index contributed by atoms with van der Waals surface area (Å²) in [5, 5.41) is 0. The second-order valence-electron chi connectivity index (χ2n) is 10.9. The van der Waals surface area contributed by atoms with Crippen LogP contribution in [0.4, 0.5) is 0 Å². The van der Waals surface area contributed by atoms with Gasteiger partial charge in [0, 0.05) is 85.3 Å². The minimum absolute atomic E-state index is 0.154. The first-order valence-corrected chi connectivity index (χ1v) is 15.1. The number of ether oxygens (including phenoxy) is 16. The van der Waals surface area contributed by atoms with E-state index in [-0.39, 0.29) is 26.4 Å². The normalized spacial score (nSPS) is 34.7. The summed E-state index contributed by atoms with van der Waals surface area (Å²) in [6.07, 6.45) is -9.85. The van der Waals surface area contributed by atoms with Crippen LogP contribution in [0, 0.1) is 0 Å². The molecular formula is C30H58O16. The van der Waals surface area contributed by atoms with E-state index in [1.807, 2.05) is 0 Å². The van der Waals surface area contributed by atoms with Crippen LogP contribution in [0.1, 0.15) is 0 Å². The molecule has 0 amide bonds. The molecule has 2 saturated heterocycles. The molecule has 46 heavy (non-hydrogen) atoms. The molecule has 0 aromatic rings. The van der Waals surface area contributed by atoms with Crippen LogP contribution in [0.25, 0.3) is 0 Å². The van der Waals surface area contributed by atoms with Crippen molar-refractivity contribution in [2.24, 2.45) is 0 Å². The Balaban J connectivity index is 2.56. The smallest absolute Gasteiger partial charge is 0.187 e. The summed E-state index contributed by atoms with van der Waals surface area (Å²) in [4.78, 5) is 0. The molecule has 0 spiro atoms. The molecule has 2 heterocycles. The summed E-state index contributed by atoms with van der Waals surface area (Å²) >= 11 is 0. The first-order chi connectivity index (χ1) is 22.3. The molecular weight excluding hydrogens is 616 g/mol. The second-order valence-corrected chi connectivity index (χ2v) is 10.9. The first-order valence-electron chi connectivity index (χ1n) is 15.1. The van der Waals surface area contributed by atoms with Crippen LogP contribution in [0.2, 0.25) is 0 Å². The van der Waals surface area contributed by atoms with Crippen molar-refractivity contribution in [2.45, 2.75) is 85.8 Å². The van der Waals surface area contributed by atoms with Gasteiger partial charge in [-0.1, -0.05) is 0 Å². The van der Waals surface area contributed by atoms with Crippen molar-refractivity contribution in [3.05, 3.63) is 0 Å². The van der Waals surface area contributed by atoms with Crippen molar-refractivity contribution in [1.82, 2.24) is 0 Å². The molecule has 0 N–H and O–H groups in total. The van der Waals surface area contributed by atoms with E-state index in [9.17, 15) is 0 Å². The highest BCUT2D eigenvalue weighted by Crippen LogP contribution is 2.35. The summed E-state index contributed by atoms with van der Waals surface area (Å²) < 4.78 is 95.0. The van der Waals surface area contributed by atoms with Gasteiger partial charge in [-0.05, 0) is 0 Å². The molecule has 0 aliphatic carbocycles. The largest absolute Gasteiger partial charge is 0.382 e. The van der Waals surface area contributed by atoms with Crippen LogP contribution in [0.15, 0.2) is 0 Å². The quantitative estimate of drug-likeness (QED) is 0.142. The highest BCUT2D eigenvalue weighted by molar-refractivity contribution is 4.98. The molecule has 0 saturated carbocycles. The third kappa shape index (κ3) is 10.2. The van der Waals surface area contributed by atoms with Gasteiger partial charge in [-0.3, -0.25) is 0 Å². The Morgan fingerprint density at radius 1 is 0.435 bits per heavy atom. The van der Waals surface area contributed by atoms with E-state index >= 15 is 0 Å². The Morgan fingerprint density at radius 3 is 1.28 bits per heavy atom. The third-order valence-corrected chi connectivity index (χ3v) is 8.38. The standard InChI is InChI=1S/C30H58O16/c1-31-13-17(35-5)21(37-7)24(18(36-6)14-32-2)45-30-28(42-12)26(23(39-9)20(44-30)16-34-4)46-29-27(41-11)25(40-10)22(38-8)19(43-29)15-33-3/h17-30H,13-16H2,1-12H3/t17-,18+,19+,20+,21+,22+,23+,24+,25-,26-,27+,28+,29-,30-/m0/s1. The summed E-state index contributed by atoms with van der Waals surface area (Å²) in [7, 11) is 18.8. The van der Waals surface area contributed by atoms with E-state index in [2.05, 4.69) is 0 Å². The fourth-order valence-corrected chi connectivity index (χ4v) is 6.17. The van der Waals surface area contributed by atoms with Crippen LogP contribution in [-0.4, -0.2) is 198 Å². The number of rotatable bonds is 23. The lowest BCUT2D eigenvalue weighted by molar-refractivity contribution is -0.377. The topological polar surface area (TPSA) is 148 Å².